The van der Waals surface area contributed by atoms with E-state index in [4.69, 9.17) is 0 Å². The number of rotatable bonds is 1. The number of benzene rings is 1. The Bertz CT molecular complexity index is 479. The van der Waals surface area contributed by atoms with Crippen molar-refractivity contribution in [1.29, 1.82) is 0 Å². The second-order valence-electron chi connectivity index (χ2n) is 3.15. The molecule has 2 heteroatoms. The van der Waals surface area contributed by atoms with Gasteiger partial charge in [0.1, 0.15) is 0 Å². The van der Waals surface area contributed by atoms with E-state index in [0.717, 1.165) is 16.5 Å². The van der Waals surface area contributed by atoms with Crippen molar-refractivity contribution in [2.45, 2.75) is 6.92 Å². The third-order valence-electron chi connectivity index (χ3n) is 2.04. The predicted octanol–water partition coefficient (Wildman–Crippen LogP) is 3.57. The lowest BCUT2D eigenvalue weighted by atomic mass is 10.1. The maximum Gasteiger partial charge on any atom is 0.0974 e. The van der Waals surface area contributed by atoms with Gasteiger partial charge in [-0.05, 0) is 30.7 Å². The van der Waals surface area contributed by atoms with Crippen molar-refractivity contribution in [3.05, 3.63) is 47.9 Å². The number of aromatic nitrogens is 1. The van der Waals surface area contributed by atoms with E-state index < -0.39 is 0 Å². The zero-order valence-corrected chi connectivity index (χ0v) is 7.87. The molecule has 1 aromatic heterocycles. The van der Waals surface area contributed by atoms with Crippen LogP contribution in [0.25, 0.3) is 17.0 Å². The first-order chi connectivity index (χ1) is 6.77. The van der Waals surface area contributed by atoms with E-state index in [9.17, 15) is 4.39 Å². The van der Waals surface area contributed by atoms with Crippen LogP contribution in [0, 0.1) is 0 Å². The monoisotopic (exact) mass is 187 g/mol. The van der Waals surface area contributed by atoms with Gasteiger partial charge in [-0.2, -0.15) is 0 Å². The van der Waals surface area contributed by atoms with Crippen LogP contribution in [0.2, 0.25) is 0 Å². The average Bonchev–Trinajstić information content (AvgIpc) is 2.18. The van der Waals surface area contributed by atoms with Crippen LogP contribution in [0.4, 0.5) is 4.39 Å². The lowest BCUT2D eigenvalue weighted by molar-refractivity contribution is 0.648. The Balaban J connectivity index is 2.71. The lowest BCUT2D eigenvalue weighted by Gasteiger charge is -2.00. The molecule has 0 fully saturated rings. The first kappa shape index (κ1) is 8.88. The van der Waals surface area contributed by atoms with Crippen LogP contribution in [0.15, 0.2) is 42.4 Å². The van der Waals surface area contributed by atoms with E-state index in [2.05, 4.69) is 4.98 Å². The SMILES string of the molecule is C/C(F)=C\c1ccnc2ccccc12. The van der Waals surface area contributed by atoms with E-state index in [-0.39, 0.29) is 5.83 Å². The second-order valence-corrected chi connectivity index (χ2v) is 3.15. The van der Waals surface area contributed by atoms with Crippen LogP contribution in [-0.4, -0.2) is 4.98 Å². The summed E-state index contributed by atoms with van der Waals surface area (Å²) in [5.74, 6) is -0.193. The summed E-state index contributed by atoms with van der Waals surface area (Å²) in [7, 11) is 0. The zero-order chi connectivity index (χ0) is 9.97. The molecule has 70 valence electrons. The van der Waals surface area contributed by atoms with E-state index in [1.54, 1.807) is 6.20 Å². The number of fused-ring (bicyclic) bond motifs is 1. The molecular formula is C12H10FN. The number of para-hydroxylation sites is 1. The van der Waals surface area contributed by atoms with Crippen LogP contribution < -0.4 is 0 Å². The number of pyridine rings is 1. The minimum atomic E-state index is -0.193. The van der Waals surface area contributed by atoms with Crippen LogP contribution in [0.3, 0.4) is 0 Å². The summed E-state index contributed by atoms with van der Waals surface area (Å²) in [6, 6.07) is 9.52. The number of hydrogen-bond donors (Lipinski definition) is 0. The van der Waals surface area contributed by atoms with Crippen molar-refractivity contribution >= 4 is 17.0 Å². The molecule has 0 unspecified atom stereocenters. The van der Waals surface area contributed by atoms with E-state index in [1.165, 1.54) is 13.0 Å². The Morgan fingerprint density at radius 3 is 2.86 bits per heavy atom. The molecular weight excluding hydrogens is 177 g/mol. The van der Waals surface area contributed by atoms with Gasteiger partial charge in [-0.1, -0.05) is 18.2 Å². The average molecular weight is 187 g/mol. The fourth-order valence-electron chi connectivity index (χ4n) is 1.46. The number of hydrogen-bond acceptors (Lipinski definition) is 1. The minimum absolute atomic E-state index is 0.193. The molecule has 0 saturated heterocycles. The zero-order valence-electron chi connectivity index (χ0n) is 7.87. The Morgan fingerprint density at radius 2 is 2.07 bits per heavy atom. The molecule has 14 heavy (non-hydrogen) atoms. The van der Waals surface area contributed by atoms with Crippen molar-refractivity contribution in [2.75, 3.05) is 0 Å². The fourth-order valence-corrected chi connectivity index (χ4v) is 1.46. The van der Waals surface area contributed by atoms with Crippen LogP contribution >= 0.6 is 0 Å². The van der Waals surface area contributed by atoms with Crippen LogP contribution in [0.1, 0.15) is 12.5 Å². The highest BCUT2D eigenvalue weighted by Gasteiger charge is 1.98. The van der Waals surface area contributed by atoms with Crippen molar-refractivity contribution in [2.24, 2.45) is 0 Å². The van der Waals surface area contributed by atoms with Gasteiger partial charge >= 0.3 is 0 Å². The molecule has 0 atom stereocenters. The third-order valence-corrected chi connectivity index (χ3v) is 2.04. The second kappa shape index (κ2) is 3.58. The predicted molar refractivity (Wildman–Crippen MR) is 56.5 cm³/mol. The molecule has 0 amide bonds. The molecule has 0 aliphatic heterocycles. The summed E-state index contributed by atoms with van der Waals surface area (Å²) >= 11 is 0. The molecule has 2 aromatic rings. The van der Waals surface area contributed by atoms with Crippen molar-refractivity contribution in [1.82, 2.24) is 4.98 Å². The quantitative estimate of drug-likeness (QED) is 0.665. The van der Waals surface area contributed by atoms with Gasteiger partial charge in [-0.25, -0.2) is 4.39 Å². The van der Waals surface area contributed by atoms with Gasteiger partial charge in [-0.15, -0.1) is 0 Å². The summed E-state index contributed by atoms with van der Waals surface area (Å²) in [4.78, 5) is 4.20. The van der Waals surface area contributed by atoms with Gasteiger partial charge in [0.25, 0.3) is 0 Å². The van der Waals surface area contributed by atoms with Crippen LogP contribution in [0.5, 0.6) is 0 Å². The molecule has 1 aromatic carbocycles. The van der Waals surface area contributed by atoms with E-state index in [0.29, 0.717) is 0 Å². The van der Waals surface area contributed by atoms with Crippen LogP contribution in [-0.2, 0) is 0 Å². The highest BCUT2D eigenvalue weighted by atomic mass is 19.1. The first-order valence-corrected chi connectivity index (χ1v) is 4.45. The summed E-state index contributed by atoms with van der Waals surface area (Å²) in [6.07, 6.45) is 3.21. The Morgan fingerprint density at radius 1 is 1.29 bits per heavy atom. The number of allylic oxidation sites excluding steroid dienone is 1. The van der Waals surface area contributed by atoms with E-state index in [1.807, 2.05) is 30.3 Å². The minimum Gasteiger partial charge on any atom is -0.256 e. The van der Waals surface area contributed by atoms with Crippen molar-refractivity contribution in [3.63, 3.8) is 0 Å². The molecule has 1 nitrogen and oxygen atoms in total. The standard InChI is InChI=1S/C12H10FN/c1-9(13)8-10-6-7-14-12-5-3-2-4-11(10)12/h2-8H,1H3/b9-8+. The largest absolute Gasteiger partial charge is 0.256 e. The summed E-state index contributed by atoms with van der Waals surface area (Å²) in [5.41, 5.74) is 1.76. The summed E-state index contributed by atoms with van der Waals surface area (Å²) in [5, 5.41) is 0.979. The molecule has 0 bridgehead atoms. The first-order valence-electron chi connectivity index (χ1n) is 4.45. The molecule has 0 radical (unpaired) electrons. The molecule has 0 aliphatic rings. The molecule has 1 heterocycles. The van der Waals surface area contributed by atoms with Gasteiger partial charge < -0.3 is 0 Å². The fraction of sp³-hybridized carbons (Fsp3) is 0.0833. The Labute approximate surface area is 81.9 Å². The third kappa shape index (κ3) is 1.64. The van der Waals surface area contributed by atoms with Crippen molar-refractivity contribution < 1.29 is 4.39 Å². The maximum absolute atomic E-state index is 12.8. The Kier molecular flexibility index (Phi) is 2.27. The molecule has 0 N–H and O–H groups in total. The number of nitrogens with zero attached hydrogens (tertiary/aromatic N) is 1. The molecule has 0 saturated carbocycles. The summed E-state index contributed by atoms with van der Waals surface area (Å²) in [6.45, 7) is 1.44. The van der Waals surface area contributed by atoms with Crippen molar-refractivity contribution in [3.8, 4) is 0 Å². The van der Waals surface area contributed by atoms with Gasteiger partial charge in [-0.3, -0.25) is 4.98 Å². The molecule has 0 aliphatic carbocycles. The van der Waals surface area contributed by atoms with E-state index >= 15 is 0 Å². The molecule has 2 rings (SSSR count). The highest BCUT2D eigenvalue weighted by molar-refractivity contribution is 5.87. The lowest BCUT2D eigenvalue weighted by Crippen LogP contribution is -1.81. The topological polar surface area (TPSA) is 12.9 Å². The molecule has 0 spiro atoms. The number of halogens is 1. The van der Waals surface area contributed by atoms with Gasteiger partial charge in [0.05, 0.1) is 11.3 Å². The van der Waals surface area contributed by atoms with Gasteiger partial charge in [0.15, 0.2) is 0 Å². The van der Waals surface area contributed by atoms with Gasteiger partial charge in [0.2, 0.25) is 0 Å². The highest BCUT2D eigenvalue weighted by Crippen LogP contribution is 2.18. The van der Waals surface area contributed by atoms with Gasteiger partial charge in [0, 0.05) is 11.6 Å². The Hall–Kier alpha value is -1.70. The summed E-state index contributed by atoms with van der Waals surface area (Å²) < 4.78 is 12.8. The smallest absolute Gasteiger partial charge is 0.0974 e. The normalized spacial score (nSPS) is 12.0. The maximum atomic E-state index is 12.8.